The second kappa shape index (κ2) is 7.07. The van der Waals surface area contributed by atoms with Gasteiger partial charge in [-0.1, -0.05) is 12.1 Å². The van der Waals surface area contributed by atoms with Gasteiger partial charge in [-0.15, -0.1) is 0 Å². The molecular formula is C16H27N3O3S. The Bertz CT molecular complexity index is 633. The van der Waals surface area contributed by atoms with Crippen molar-refractivity contribution in [3.63, 3.8) is 0 Å². The summed E-state index contributed by atoms with van der Waals surface area (Å²) < 4.78 is 33.8. The highest BCUT2D eigenvalue weighted by molar-refractivity contribution is 7.86. The van der Waals surface area contributed by atoms with Crippen LogP contribution in [0.15, 0.2) is 24.3 Å². The molecule has 0 saturated carbocycles. The molecule has 1 aromatic carbocycles. The molecule has 0 aliphatic carbocycles. The van der Waals surface area contributed by atoms with Crippen molar-refractivity contribution in [2.75, 3.05) is 38.6 Å². The van der Waals surface area contributed by atoms with Crippen LogP contribution in [0.1, 0.15) is 20.8 Å². The summed E-state index contributed by atoms with van der Waals surface area (Å²) in [4.78, 5) is 2.22. The minimum Gasteiger partial charge on any atom is -0.485 e. The van der Waals surface area contributed by atoms with Gasteiger partial charge in [-0.25, -0.2) is 0 Å². The fourth-order valence-electron chi connectivity index (χ4n) is 2.64. The maximum Gasteiger partial charge on any atom is 0.281 e. The van der Waals surface area contributed by atoms with Gasteiger partial charge < -0.3 is 9.64 Å². The van der Waals surface area contributed by atoms with Gasteiger partial charge in [-0.2, -0.15) is 17.0 Å². The summed E-state index contributed by atoms with van der Waals surface area (Å²) in [6, 6.07) is 7.80. The van der Waals surface area contributed by atoms with Crippen molar-refractivity contribution in [3.8, 4) is 5.75 Å². The number of anilines is 1. The van der Waals surface area contributed by atoms with Gasteiger partial charge in [0.2, 0.25) is 0 Å². The predicted octanol–water partition coefficient (Wildman–Crippen LogP) is 1.79. The summed E-state index contributed by atoms with van der Waals surface area (Å²) >= 11 is 0. The fraction of sp³-hybridized carbons (Fsp3) is 0.625. The number of nitrogens with zero attached hydrogens (tertiary/aromatic N) is 3. The van der Waals surface area contributed by atoms with Gasteiger partial charge >= 0.3 is 0 Å². The van der Waals surface area contributed by atoms with Gasteiger partial charge in [-0.3, -0.25) is 0 Å². The van der Waals surface area contributed by atoms with Crippen molar-refractivity contribution in [2.45, 2.75) is 32.9 Å². The van der Waals surface area contributed by atoms with E-state index in [9.17, 15) is 8.42 Å². The number of para-hydroxylation sites is 2. The van der Waals surface area contributed by atoms with Gasteiger partial charge in [0.25, 0.3) is 10.2 Å². The highest BCUT2D eigenvalue weighted by atomic mass is 32.2. The van der Waals surface area contributed by atoms with Crippen LogP contribution in [0.3, 0.4) is 0 Å². The van der Waals surface area contributed by atoms with Crippen molar-refractivity contribution >= 4 is 15.9 Å². The largest absolute Gasteiger partial charge is 0.485 e. The summed E-state index contributed by atoms with van der Waals surface area (Å²) in [5, 5.41) is 0. The predicted molar refractivity (Wildman–Crippen MR) is 93.2 cm³/mol. The van der Waals surface area contributed by atoms with E-state index in [1.807, 2.05) is 38.1 Å². The van der Waals surface area contributed by atoms with E-state index >= 15 is 0 Å². The molecule has 0 aromatic heterocycles. The van der Waals surface area contributed by atoms with Crippen LogP contribution in [-0.2, 0) is 10.2 Å². The van der Waals surface area contributed by atoms with Crippen LogP contribution in [-0.4, -0.2) is 62.9 Å². The Morgan fingerprint density at radius 3 is 2.57 bits per heavy atom. The van der Waals surface area contributed by atoms with Crippen molar-refractivity contribution in [2.24, 2.45) is 0 Å². The van der Waals surface area contributed by atoms with Gasteiger partial charge in [0.1, 0.15) is 11.9 Å². The van der Waals surface area contributed by atoms with E-state index in [2.05, 4.69) is 11.8 Å². The summed E-state index contributed by atoms with van der Waals surface area (Å²) in [5.74, 6) is 0.814. The third-order valence-corrected chi connectivity index (χ3v) is 6.34. The Morgan fingerprint density at radius 1 is 1.30 bits per heavy atom. The minimum absolute atomic E-state index is 0.0809. The van der Waals surface area contributed by atoms with Crippen LogP contribution in [0.5, 0.6) is 5.75 Å². The Morgan fingerprint density at radius 2 is 1.96 bits per heavy atom. The number of rotatable bonds is 6. The fourth-order valence-corrected chi connectivity index (χ4v) is 3.97. The van der Waals surface area contributed by atoms with Crippen LogP contribution >= 0.6 is 0 Å². The number of ether oxygens (including phenoxy) is 1. The molecule has 0 amide bonds. The van der Waals surface area contributed by atoms with Crippen molar-refractivity contribution < 1.29 is 13.2 Å². The Balaban J connectivity index is 2.13. The zero-order chi connectivity index (χ0) is 17.2. The van der Waals surface area contributed by atoms with Crippen LogP contribution in [0.25, 0.3) is 0 Å². The van der Waals surface area contributed by atoms with E-state index in [0.29, 0.717) is 13.1 Å². The van der Waals surface area contributed by atoms with Crippen LogP contribution in [0.2, 0.25) is 0 Å². The highest BCUT2D eigenvalue weighted by Crippen LogP contribution is 2.33. The molecule has 1 atom stereocenters. The maximum absolute atomic E-state index is 12.5. The maximum atomic E-state index is 12.5. The lowest BCUT2D eigenvalue weighted by atomic mass is 10.2. The Labute approximate surface area is 139 Å². The molecule has 0 saturated heterocycles. The zero-order valence-corrected chi connectivity index (χ0v) is 15.4. The molecule has 0 spiro atoms. The van der Waals surface area contributed by atoms with E-state index < -0.39 is 10.2 Å². The van der Waals surface area contributed by atoms with Crippen molar-refractivity contribution in [1.82, 2.24) is 8.61 Å². The quantitative estimate of drug-likeness (QED) is 0.792. The normalized spacial score (nSPS) is 18.4. The third kappa shape index (κ3) is 3.79. The first-order valence-corrected chi connectivity index (χ1v) is 9.37. The van der Waals surface area contributed by atoms with Gasteiger partial charge in [-0.05, 0) is 32.9 Å². The summed E-state index contributed by atoms with van der Waals surface area (Å²) in [5.41, 5.74) is 1.07. The summed E-state index contributed by atoms with van der Waals surface area (Å²) in [6.07, 6.45) is -0.190. The van der Waals surface area contributed by atoms with E-state index in [4.69, 9.17) is 4.74 Å². The third-order valence-electron chi connectivity index (χ3n) is 4.25. The average Bonchev–Trinajstić information content (AvgIpc) is 2.52. The molecule has 6 nitrogen and oxygen atoms in total. The molecule has 1 aliphatic heterocycles. The molecule has 1 unspecified atom stereocenters. The Hall–Kier alpha value is -1.31. The summed E-state index contributed by atoms with van der Waals surface area (Å²) in [6.45, 7) is 7.67. The van der Waals surface area contributed by atoms with Crippen molar-refractivity contribution in [1.29, 1.82) is 0 Å². The van der Waals surface area contributed by atoms with E-state index in [-0.39, 0.29) is 12.1 Å². The number of benzene rings is 1. The number of hydrogen-bond donors (Lipinski definition) is 0. The molecule has 7 heteroatoms. The molecule has 0 radical (unpaired) electrons. The molecule has 130 valence electrons. The zero-order valence-electron chi connectivity index (χ0n) is 14.6. The van der Waals surface area contributed by atoms with Crippen molar-refractivity contribution in [3.05, 3.63) is 24.3 Å². The summed E-state index contributed by atoms with van der Waals surface area (Å²) in [7, 11) is -0.262. The number of hydrogen-bond acceptors (Lipinski definition) is 4. The second-order valence-electron chi connectivity index (χ2n) is 6.14. The average molecular weight is 341 g/mol. The molecule has 23 heavy (non-hydrogen) atoms. The van der Waals surface area contributed by atoms with E-state index in [1.165, 1.54) is 8.61 Å². The Kier molecular flexibility index (Phi) is 5.54. The standard InChI is InChI=1S/C16H27N3O3S/c1-6-19-12-14(22-16-10-8-7-9-15(16)19)11-17(4)23(20,21)18(5)13(2)3/h7-10,13-14H,6,11-12H2,1-5H3. The molecule has 0 N–H and O–H groups in total. The van der Waals surface area contributed by atoms with Crippen LogP contribution in [0, 0.1) is 0 Å². The lowest BCUT2D eigenvalue weighted by molar-refractivity contribution is 0.168. The van der Waals surface area contributed by atoms with Gasteiger partial charge in [0.15, 0.2) is 0 Å². The molecule has 1 heterocycles. The first-order chi connectivity index (χ1) is 10.8. The monoisotopic (exact) mass is 341 g/mol. The van der Waals surface area contributed by atoms with Gasteiger partial charge in [0.05, 0.1) is 18.8 Å². The molecule has 2 rings (SSSR count). The molecule has 0 bridgehead atoms. The number of likely N-dealkylation sites (N-methyl/N-ethyl adjacent to an activating group) is 2. The lowest BCUT2D eigenvalue weighted by Gasteiger charge is -2.37. The molecule has 0 fully saturated rings. The molecule has 1 aromatic rings. The number of fused-ring (bicyclic) bond motifs is 1. The molecule has 1 aliphatic rings. The van der Waals surface area contributed by atoms with Crippen LogP contribution < -0.4 is 9.64 Å². The lowest BCUT2D eigenvalue weighted by Crippen LogP contribution is -2.50. The van der Waals surface area contributed by atoms with E-state index in [1.54, 1.807) is 14.1 Å². The SMILES string of the molecule is CCN1CC(CN(C)S(=O)(=O)N(C)C(C)C)Oc2ccccc21. The molecular weight excluding hydrogens is 314 g/mol. The topological polar surface area (TPSA) is 53.1 Å². The highest BCUT2D eigenvalue weighted by Gasteiger charge is 2.31. The smallest absolute Gasteiger partial charge is 0.281 e. The minimum atomic E-state index is -3.47. The van der Waals surface area contributed by atoms with E-state index in [0.717, 1.165) is 18.0 Å². The first-order valence-electron chi connectivity index (χ1n) is 7.97. The second-order valence-corrected chi connectivity index (χ2v) is 8.24. The van der Waals surface area contributed by atoms with Crippen LogP contribution in [0.4, 0.5) is 5.69 Å². The first kappa shape index (κ1) is 18.0. The van der Waals surface area contributed by atoms with Gasteiger partial charge in [0, 0.05) is 26.7 Å².